The molecule has 1 aromatic carbocycles. The summed E-state index contributed by atoms with van der Waals surface area (Å²) < 4.78 is 18.3. The van der Waals surface area contributed by atoms with Crippen LogP contribution in [-0.4, -0.2) is 17.7 Å². The second kappa shape index (κ2) is 4.59. The molecule has 1 amide bonds. The van der Waals surface area contributed by atoms with Crippen molar-refractivity contribution < 1.29 is 13.9 Å². The minimum absolute atomic E-state index is 0.185. The normalized spacial score (nSPS) is 15.3. The SMILES string of the molecule is CC(C)(C)OC(=O)N(c1ccc(F)cc1)C1CC1. The zero-order valence-electron chi connectivity index (χ0n) is 10.9. The van der Waals surface area contributed by atoms with Crippen molar-refractivity contribution in [2.24, 2.45) is 0 Å². The predicted molar refractivity (Wildman–Crippen MR) is 68.1 cm³/mol. The Morgan fingerprint density at radius 2 is 1.83 bits per heavy atom. The fraction of sp³-hybridized carbons (Fsp3) is 0.500. The summed E-state index contributed by atoms with van der Waals surface area (Å²) in [5, 5.41) is 0. The van der Waals surface area contributed by atoms with Crippen molar-refractivity contribution >= 4 is 11.8 Å². The van der Waals surface area contributed by atoms with Crippen molar-refractivity contribution in [2.45, 2.75) is 45.3 Å². The molecule has 98 valence electrons. The smallest absolute Gasteiger partial charge is 0.415 e. The fourth-order valence-corrected chi connectivity index (χ4v) is 1.71. The number of halogens is 1. The average Bonchev–Trinajstić information content (AvgIpc) is 3.03. The second-order valence-electron chi connectivity index (χ2n) is 5.56. The Kier molecular flexibility index (Phi) is 3.28. The number of hydrogen-bond acceptors (Lipinski definition) is 2. The summed E-state index contributed by atoms with van der Waals surface area (Å²) in [4.78, 5) is 13.8. The number of carbonyl (C=O) groups excluding carboxylic acids is 1. The molecule has 0 spiro atoms. The van der Waals surface area contributed by atoms with Crippen LogP contribution in [0.25, 0.3) is 0 Å². The van der Waals surface area contributed by atoms with Gasteiger partial charge in [-0.25, -0.2) is 9.18 Å². The van der Waals surface area contributed by atoms with E-state index < -0.39 is 5.60 Å². The molecule has 1 fully saturated rings. The molecule has 0 saturated heterocycles. The number of carbonyl (C=O) groups is 1. The quantitative estimate of drug-likeness (QED) is 0.801. The van der Waals surface area contributed by atoms with Crippen LogP contribution in [0.1, 0.15) is 33.6 Å². The van der Waals surface area contributed by atoms with E-state index in [2.05, 4.69) is 0 Å². The van der Waals surface area contributed by atoms with Crippen molar-refractivity contribution in [3.63, 3.8) is 0 Å². The third-order valence-electron chi connectivity index (χ3n) is 2.61. The molecule has 1 aliphatic rings. The highest BCUT2D eigenvalue weighted by Gasteiger charge is 2.36. The lowest BCUT2D eigenvalue weighted by atomic mass is 10.2. The summed E-state index contributed by atoms with van der Waals surface area (Å²) in [5.41, 5.74) is 0.165. The Morgan fingerprint density at radius 1 is 1.28 bits per heavy atom. The molecule has 3 nitrogen and oxygen atoms in total. The van der Waals surface area contributed by atoms with Crippen LogP contribution >= 0.6 is 0 Å². The van der Waals surface area contributed by atoms with Gasteiger partial charge >= 0.3 is 6.09 Å². The lowest BCUT2D eigenvalue weighted by molar-refractivity contribution is 0.0578. The molecule has 0 N–H and O–H groups in total. The summed E-state index contributed by atoms with van der Waals surface area (Å²) in [5.74, 6) is -0.307. The molecular weight excluding hydrogens is 233 g/mol. The van der Waals surface area contributed by atoms with Gasteiger partial charge in [-0.1, -0.05) is 0 Å². The first-order chi connectivity index (χ1) is 8.37. The van der Waals surface area contributed by atoms with Crippen molar-refractivity contribution in [3.8, 4) is 0 Å². The van der Waals surface area contributed by atoms with E-state index in [0.29, 0.717) is 5.69 Å². The number of ether oxygens (including phenoxy) is 1. The second-order valence-corrected chi connectivity index (χ2v) is 5.56. The number of rotatable bonds is 2. The van der Waals surface area contributed by atoms with Crippen LogP contribution in [0.2, 0.25) is 0 Å². The molecule has 1 saturated carbocycles. The third-order valence-corrected chi connectivity index (χ3v) is 2.61. The molecule has 1 aliphatic carbocycles. The fourth-order valence-electron chi connectivity index (χ4n) is 1.71. The van der Waals surface area contributed by atoms with E-state index in [1.165, 1.54) is 12.1 Å². The Hall–Kier alpha value is -1.58. The standard InChI is InChI=1S/C14H18FNO2/c1-14(2,3)18-13(17)16(12-8-9-12)11-6-4-10(15)5-7-11/h4-7,12H,8-9H2,1-3H3. The lowest BCUT2D eigenvalue weighted by Gasteiger charge is -2.27. The number of benzene rings is 1. The highest BCUT2D eigenvalue weighted by molar-refractivity contribution is 5.89. The van der Waals surface area contributed by atoms with Gasteiger partial charge in [0.25, 0.3) is 0 Å². The van der Waals surface area contributed by atoms with E-state index >= 15 is 0 Å². The highest BCUT2D eigenvalue weighted by atomic mass is 19.1. The summed E-state index contributed by atoms with van der Waals surface area (Å²) >= 11 is 0. The van der Waals surface area contributed by atoms with Gasteiger partial charge < -0.3 is 4.74 Å². The van der Waals surface area contributed by atoms with Crippen LogP contribution in [-0.2, 0) is 4.74 Å². The Balaban J connectivity index is 2.18. The minimum atomic E-state index is -0.524. The van der Waals surface area contributed by atoms with Gasteiger partial charge in [0.1, 0.15) is 11.4 Å². The molecule has 18 heavy (non-hydrogen) atoms. The van der Waals surface area contributed by atoms with E-state index in [-0.39, 0.29) is 18.0 Å². The molecule has 0 heterocycles. The first-order valence-corrected chi connectivity index (χ1v) is 6.14. The topological polar surface area (TPSA) is 29.5 Å². The average molecular weight is 251 g/mol. The first-order valence-electron chi connectivity index (χ1n) is 6.14. The maximum Gasteiger partial charge on any atom is 0.415 e. The maximum absolute atomic E-state index is 12.9. The van der Waals surface area contributed by atoms with Crippen molar-refractivity contribution in [1.29, 1.82) is 0 Å². The van der Waals surface area contributed by atoms with Crippen LogP contribution in [0.3, 0.4) is 0 Å². The van der Waals surface area contributed by atoms with E-state index in [1.807, 2.05) is 20.8 Å². The Bertz CT molecular complexity index is 432. The summed E-state index contributed by atoms with van der Waals surface area (Å²) in [6.45, 7) is 5.50. The largest absolute Gasteiger partial charge is 0.443 e. The van der Waals surface area contributed by atoms with Gasteiger partial charge in [-0.2, -0.15) is 0 Å². The van der Waals surface area contributed by atoms with Crippen LogP contribution < -0.4 is 4.90 Å². The Morgan fingerprint density at radius 3 is 2.28 bits per heavy atom. The third kappa shape index (κ3) is 3.22. The monoisotopic (exact) mass is 251 g/mol. The number of hydrogen-bond donors (Lipinski definition) is 0. The molecule has 4 heteroatoms. The molecule has 0 aromatic heterocycles. The molecule has 0 bridgehead atoms. The number of amides is 1. The molecule has 0 aliphatic heterocycles. The Labute approximate surface area is 107 Å². The molecule has 0 unspecified atom stereocenters. The van der Waals surface area contributed by atoms with Gasteiger partial charge in [-0.05, 0) is 57.9 Å². The highest BCUT2D eigenvalue weighted by Crippen LogP contribution is 2.33. The van der Waals surface area contributed by atoms with E-state index in [4.69, 9.17) is 4.74 Å². The molecule has 2 rings (SSSR count). The summed E-state index contributed by atoms with van der Waals surface area (Å²) in [7, 11) is 0. The minimum Gasteiger partial charge on any atom is -0.443 e. The van der Waals surface area contributed by atoms with Gasteiger partial charge in [-0.15, -0.1) is 0 Å². The number of anilines is 1. The van der Waals surface area contributed by atoms with Gasteiger partial charge in [0.05, 0.1) is 0 Å². The predicted octanol–water partition coefficient (Wildman–Crippen LogP) is 3.73. The van der Waals surface area contributed by atoms with Crippen LogP contribution in [0, 0.1) is 5.82 Å². The van der Waals surface area contributed by atoms with E-state index in [9.17, 15) is 9.18 Å². The van der Waals surface area contributed by atoms with Crippen LogP contribution in [0.5, 0.6) is 0 Å². The van der Waals surface area contributed by atoms with Crippen molar-refractivity contribution in [2.75, 3.05) is 4.90 Å². The van der Waals surface area contributed by atoms with Crippen molar-refractivity contribution in [3.05, 3.63) is 30.1 Å². The van der Waals surface area contributed by atoms with Crippen molar-refractivity contribution in [1.82, 2.24) is 0 Å². The molecule has 0 atom stereocenters. The summed E-state index contributed by atoms with van der Waals surface area (Å²) in [6, 6.07) is 6.12. The molecule has 1 aromatic rings. The van der Waals surface area contributed by atoms with Gasteiger partial charge in [0.2, 0.25) is 0 Å². The maximum atomic E-state index is 12.9. The zero-order chi connectivity index (χ0) is 13.3. The molecular formula is C14H18FNO2. The zero-order valence-corrected chi connectivity index (χ0v) is 10.9. The molecule has 0 radical (unpaired) electrons. The van der Waals surface area contributed by atoms with Gasteiger partial charge in [0.15, 0.2) is 0 Å². The van der Waals surface area contributed by atoms with Gasteiger partial charge in [-0.3, -0.25) is 4.90 Å². The first kappa shape index (κ1) is 12.9. The summed E-state index contributed by atoms with van der Waals surface area (Å²) in [6.07, 6.45) is 1.57. The van der Waals surface area contributed by atoms with Crippen LogP contribution in [0.15, 0.2) is 24.3 Å². The van der Waals surface area contributed by atoms with Gasteiger partial charge in [0, 0.05) is 11.7 Å². The van der Waals surface area contributed by atoms with E-state index in [1.54, 1.807) is 17.0 Å². The van der Waals surface area contributed by atoms with Crippen LogP contribution in [0.4, 0.5) is 14.9 Å². The number of nitrogens with zero attached hydrogens (tertiary/aromatic N) is 1. The van der Waals surface area contributed by atoms with E-state index in [0.717, 1.165) is 12.8 Å². The lowest BCUT2D eigenvalue weighted by Crippen LogP contribution is -2.38.